The molecule has 76 heavy (non-hydrogen) atoms. The molecule has 0 fully saturated rings. The second kappa shape index (κ2) is 28.3. The Hall–Kier alpha value is -6.08. The van der Waals surface area contributed by atoms with Gasteiger partial charge in [-0.25, -0.2) is 0 Å². The van der Waals surface area contributed by atoms with Crippen LogP contribution >= 0.6 is 0 Å². The second-order valence-electron chi connectivity index (χ2n) is 18.9. The van der Waals surface area contributed by atoms with Gasteiger partial charge in [-0.3, -0.25) is 9.59 Å². The van der Waals surface area contributed by atoms with Crippen molar-refractivity contribution in [2.45, 2.75) is 63.5 Å². The Bertz CT molecular complexity index is 2370. The van der Waals surface area contributed by atoms with Gasteiger partial charge < -0.3 is 100 Å². The molecular formula is C56H78Cl2N2O16. The highest BCUT2D eigenvalue weighted by atomic mass is 35.5. The minimum atomic E-state index is -0.457. The fourth-order valence-corrected chi connectivity index (χ4v) is 11.0. The quantitative estimate of drug-likeness (QED) is 0.0482. The largest absolute Gasteiger partial charge is 1.00 e. The molecule has 422 valence electrons. The van der Waals surface area contributed by atoms with E-state index < -0.39 is 11.9 Å². The maximum absolute atomic E-state index is 13.1. The Morgan fingerprint density at radius 3 is 0.987 bits per heavy atom. The molecule has 0 saturated carbocycles. The van der Waals surface area contributed by atoms with Crippen molar-refractivity contribution in [1.82, 2.24) is 0 Å². The molecular weight excluding hydrogens is 1030 g/mol. The van der Waals surface area contributed by atoms with Crippen molar-refractivity contribution in [3.05, 3.63) is 69.8 Å². The van der Waals surface area contributed by atoms with Crippen molar-refractivity contribution >= 4 is 11.9 Å². The van der Waals surface area contributed by atoms with E-state index in [-0.39, 0.29) is 63.0 Å². The molecule has 4 aromatic rings. The van der Waals surface area contributed by atoms with Gasteiger partial charge in [0.2, 0.25) is 23.0 Å². The summed E-state index contributed by atoms with van der Waals surface area (Å²) in [6.45, 7) is 3.35. The van der Waals surface area contributed by atoms with Crippen LogP contribution < -0.4 is 81.7 Å². The van der Waals surface area contributed by atoms with Crippen LogP contribution in [-0.2, 0) is 44.7 Å². The predicted octanol–water partition coefficient (Wildman–Crippen LogP) is 1.72. The molecule has 0 aromatic heterocycles. The number of carbonyl (C=O) groups excluding carboxylic acids is 2. The smallest absolute Gasteiger partial charge is 0.306 e. The number of carbonyl (C=O) groups is 2. The molecule has 0 bridgehead atoms. The number of benzene rings is 4. The van der Waals surface area contributed by atoms with Crippen LogP contribution in [0.2, 0.25) is 0 Å². The molecule has 2 heterocycles. The maximum Gasteiger partial charge on any atom is 0.306 e. The van der Waals surface area contributed by atoms with E-state index in [0.29, 0.717) is 117 Å². The summed E-state index contributed by atoms with van der Waals surface area (Å²) in [6.07, 6.45) is 3.69. The van der Waals surface area contributed by atoms with E-state index >= 15 is 0 Å². The lowest BCUT2D eigenvalue weighted by atomic mass is 9.85. The van der Waals surface area contributed by atoms with Gasteiger partial charge in [0.25, 0.3) is 0 Å². The average molecular weight is 1110 g/mol. The van der Waals surface area contributed by atoms with Gasteiger partial charge in [-0.2, -0.15) is 0 Å². The third-order valence-electron chi connectivity index (χ3n) is 14.9. The van der Waals surface area contributed by atoms with E-state index in [1.165, 1.54) is 0 Å². The Kier molecular flexibility index (Phi) is 23.3. The van der Waals surface area contributed by atoms with Crippen molar-refractivity contribution in [2.75, 3.05) is 139 Å². The number of ether oxygens (including phenoxy) is 14. The lowest BCUT2D eigenvalue weighted by molar-refractivity contribution is -0.941. The van der Waals surface area contributed by atoms with Gasteiger partial charge in [0.05, 0.1) is 163 Å². The van der Waals surface area contributed by atoms with Crippen LogP contribution in [0.1, 0.15) is 71.1 Å². The Balaban J connectivity index is 0.00000624. The fourth-order valence-electron chi connectivity index (χ4n) is 11.0. The first kappa shape index (κ1) is 62.5. The van der Waals surface area contributed by atoms with E-state index in [1.807, 2.05) is 36.4 Å². The van der Waals surface area contributed by atoms with Crippen molar-refractivity contribution < 1.29 is 110 Å². The lowest BCUT2D eigenvalue weighted by Gasteiger charge is -2.46. The summed E-state index contributed by atoms with van der Waals surface area (Å²) >= 11 is 0. The minimum Gasteiger partial charge on any atom is -1.00 e. The predicted molar refractivity (Wildman–Crippen MR) is 277 cm³/mol. The number of nitrogens with zero attached hydrogens (tertiary/aromatic N) is 2. The fraction of sp³-hybridized carbons (Fsp3) is 0.536. The van der Waals surface area contributed by atoms with Crippen LogP contribution in [0.5, 0.6) is 69.0 Å². The third kappa shape index (κ3) is 13.4. The molecule has 0 saturated heterocycles. The molecule has 0 spiro atoms. The molecule has 0 N–H and O–H groups in total. The van der Waals surface area contributed by atoms with Gasteiger partial charge in [0.1, 0.15) is 12.1 Å². The highest BCUT2D eigenvalue weighted by Gasteiger charge is 2.45. The Morgan fingerprint density at radius 1 is 0.421 bits per heavy atom. The number of likely N-dealkylation sites (N-methyl/N-ethyl adjacent to an activating group) is 2. The average Bonchev–Trinajstić information content (AvgIpc) is 3.42. The monoisotopic (exact) mass is 1100 g/mol. The van der Waals surface area contributed by atoms with Crippen LogP contribution in [-0.4, -0.2) is 160 Å². The standard InChI is InChI=1S/C56H78N2O16.2ClH/c1-57(23-19-37-33-45(65-7)53(69-11)55(71-13)49(37)39(57)27-35-29-41(61-3)51(67-9)42(30-35)62-4)21-15-25-73-47(59)17-18-48(60)74-26-16-22-58(2)24-20-38-34-46(66-8)54(70-12)56(72-14)50(38)40(58)28-36-31-43(63-5)52(68-10)44(32-36)64-6;;/h29-34,39-40H,15-28H2,1-14H3;2*1H/q+2;;/p-2/t39-,40?,57-,58?;;/m1../s1. The number of esters is 2. The highest BCUT2D eigenvalue weighted by Crippen LogP contribution is 2.53. The molecule has 0 aliphatic carbocycles. The number of rotatable bonds is 27. The summed E-state index contributed by atoms with van der Waals surface area (Å²) in [7, 11) is 23.7. The van der Waals surface area contributed by atoms with E-state index in [4.69, 9.17) is 66.3 Å². The van der Waals surface area contributed by atoms with Gasteiger partial charge in [0, 0.05) is 38.5 Å². The Labute approximate surface area is 460 Å². The summed E-state index contributed by atoms with van der Waals surface area (Å²) < 4.78 is 82.2. The first-order chi connectivity index (χ1) is 35.7. The van der Waals surface area contributed by atoms with E-state index in [0.717, 1.165) is 59.3 Å². The van der Waals surface area contributed by atoms with Gasteiger partial charge in [-0.05, 0) is 58.7 Å². The molecule has 2 aliphatic heterocycles. The van der Waals surface area contributed by atoms with Crippen LogP contribution in [0.25, 0.3) is 0 Å². The summed E-state index contributed by atoms with van der Waals surface area (Å²) in [4.78, 5) is 26.2. The van der Waals surface area contributed by atoms with Gasteiger partial charge >= 0.3 is 11.9 Å². The van der Waals surface area contributed by atoms with Crippen molar-refractivity contribution in [3.63, 3.8) is 0 Å². The zero-order valence-corrected chi connectivity index (χ0v) is 48.2. The molecule has 4 atom stereocenters. The molecule has 0 amide bonds. The van der Waals surface area contributed by atoms with Crippen LogP contribution in [0.3, 0.4) is 0 Å². The van der Waals surface area contributed by atoms with Crippen molar-refractivity contribution in [3.8, 4) is 69.0 Å². The molecule has 4 aromatic carbocycles. The number of quaternary nitrogens is 2. The summed E-state index contributed by atoms with van der Waals surface area (Å²) in [5.41, 5.74) is 6.22. The number of fused-ring (bicyclic) bond motifs is 2. The molecule has 2 aliphatic rings. The Morgan fingerprint density at radius 2 is 0.711 bits per heavy atom. The minimum absolute atomic E-state index is 0. The highest BCUT2D eigenvalue weighted by molar-refractivity contribution is 5.77. The van der Waals surface area contributed by atoms with Crippen LogP contribution in [0.15, 0.2) is 36.4 Å². The second-order valence-corrected chi connectivity index (χ2v) is 18.9. The first-order valence-electron chi connectivity index (χ1n) is 24.9. The zero-order valence-electron chi connectivity index (χ0n) is 46.7. The van der Waals surface area contributed by atoms with Gasteiger partial charge in [0.15, 0.2) is 46.0 Å². The first-order valence-corrected chi connectivity index (χ1v) is 24.9. The van der Waals surface area contributed by atoms with Crippen LogP contribution in [0.4, 0.5) is 0 Å². The topological polar surface area (TPSA) is 163 Å². The zero-order chi connectivity index (χ0) is 53.7. The van der Waals surface area contributed by atoms with Crippen LogP contribution in [0, 0.1) is 0 Å². The number of halogens is 2. The molecule has 0 radical (unpaired) electrons. The number of hydrogen-bond donors (Lipinski definition) is 0. The van der Waals surface area contributed by atoms with Crippen molar-refractivity contribution in [2.24, 2.45) is 0 Å². The van der Waals surface area contributed by atoms with E-state index in [2.05, 4.69) is 14.1 Å². The number of methoxy groups -OCH3 is 12. The molecule has 2 unspecified atom stereocenters. The van der Waals surface area contributed by atoms with Crippen molar-refractivity contribution in [1.29, 1.82) is 0 Å². The summed E-state index contributed by atoms with van der Waals surface area (Å²) in [5.74, 6) is 5.85. The maximum atomic E-state index is 13.1. The summed E-state index contributed by atoms with van der Waals surface area (Å²) in [5, 5.41) is 0. The van der Waals surface area contributed by atoms with Gasteiger partial charge in [-0.1, -0.05) is 0 Å². The van der Waals surface area contributed by atoms with E-state index in [1.54, 1.807) is 85.3 Å². The third-order valence-corrected chi connectivity index (χ3v) is 14.9. The normalized spacial score (nSPS) is 18.2. The molecule has 20 heteroatoms. The molecule has 18 nitrogen and oxygen atoms in total. The van der Waals surface area contributed by atoms with Gasteiger partial charge in [-0.15, -0.1) is 0 Å². The molecule has 6 rings (SSSR count). The number of hydrogen-bond acceptors (Lipinski definition) is 16. The summed E-state index contributed by atoms with van der Waals surface area (Å²) in [6, 6.07) is 11.7. The lowest BCUT2D eigenvalue weighted by Crippen LogP contribution is -3.00. The van der Waals surface area contributed by atoms with E-state index in [9.17, 15) is 9.59 Å². The SMILES string of the molecule is COc1cc(CC2c3c(cc(OC)c(OC)c3OC)CC[N+]2(C)CCCOC(=O)CCC(=O)OCCC[N@+]2(C)CCc3cc(OC)c(OC)c(OC)c3[C@H]2Cc2cc(OC)c(OC)c(OC)c2)cc(OC)c1OC.[Cl-].[Cl-].